The van der Waals surface area contributed by atoms with Crippen molar-refractivity contribution in [2.24, 2.45) is 0 Å². The number of nitrogens with zero attached hydrogens (tertiary/aromatic N) is 4. The highest BCUT2D eigenvalue weighted by atomic mass is 79.9. The molecule has 0 aliphatic heterocycles. The van der Waals surface area contributed by atoms with E-state index in [0.717, 1.165) is 54.3 Å². The van der Waals surface area contributed by atoms with Crippen LogP contribution in [0.15, 0.2) is 51.2 Å². The van der Waals surface area contributed by atoms with E-state index in [1.165, 1.54) is 11.1 Å². The van der Waals surface area contributed by atoms with Gasteiger partial charge in [0.05, 0.1) is 33.1 Å². The number of imidazole rings is 2. The minimum Gasteiger partial charge on any atom is -0.477 e. The Morgan fingerprint density at radius 2 is 1.38 bits per heavy atom. The summed E-state index contributed by atoms with van der Waals surface area (Å²) in [4.78, 5) is 34.9. The highest BCUT2D eigenvalue weighted by Gasteiger charge is 2.18. The van der Waals surface area contributed by atoms with Crippen LogP contribution in [0.25, 0.3) is 45.1 Å². The number of benzene rings is 2. The monoisotopic (exact) mass is 552 g/mol. The Kier molecular flexibility index (Phi) is 5.98. The van der Waals surface area contributed by atoms with Crippen LogP contribution in [0.4, 0.5) is 0 Å². The Hall–Kier alpha value is -3.41. The molecule has 0 amide bonds. The first kappa shape index (κ1) is 22.4. The summed E-state index contributed by atoms with van der Waals surface area (Å²) in [5.74, 6) is 0.326. The minimum atomic E-state index is -0.982. The second-order valence-corrected chi connectivity index (χ2v) is 10.5. The van der Waals surface area contributed by atoms with E-state index in [0.29, 0.717) is 11.5 Å². The lowest BCUT2D eigenvalue weighted by Gasteiger charge is -1.92. The first-order valence-electron chi connectivity index (χ1n) is 10.1. The van der Waals surface area contributed by atoms with Crippen molar-refractivity contribution in [2.45, 2.75) is 13.8 Å². The van der Waals surface area contributed by atoms with Gasteiger partial charge in [0, 0.05) is 0 Å². The zero-order chi connectivity index (χ0) is 23.8. The van der Waals surface area contributed by atoms with Crippen molar-refractivity contribution in [2.75, 3.05) is 0 Å². The number of fused-ring (bicyclic) bond motifs is 2. The van der Waals surface area contributed by atoms with Gasteiger partial charge in [-0.2, -0.15) is 0 Å². The predicted molar refractivity (Wildman–Crippen MR) is 139 cm³/mol. The third-order valence-electron chi connectivity index (χ3n) is 5.01. The number of carboxylic acid groups (broad SMARTS) is 1. The van der Waals surface area contributed by atoms with Crippen molar-refractivity contribution in [1.29, 1.82) is 0 Å². The predicted octanol–water partition coefficient (Wildman–Crippen LogP) is 6.45. The summed E-state index contributed by atoms with van der Waals surface area (Å²) in [6.07, 6.45) is 0. The molecule has 6 aromatic rings. The third-order valence-corrected chi connectivity index (χ3v) is 7.37. The molecule has 34 heavy (non-hydrogen) atoms. The third kappa shape index (κ3) is 4.37. The lowest BCUT2D eigenvalue weighted by Crippen LogP contribution is -1.96. The fourth-order valence-corrected chi connectivity index (χ4v) is 5.10. The largest absolute Gasteiger partial charge is 0.477 e. The number of aromatic amines is 2. The van der Waals surface area contributed by atoms with E-state index in [-0.39, 0.29) is 4.88 Å². The van der Waals surface area contributed by atoms with Gasteiger partial charge in [-0.15, -0.1) is 22.7 Å². The van der Waals surface area contributed by atoms with E-state index >= 15 is 0 Å². The molecule has 0 fully saturated rings. The highest BCUT2D eigenvalue weighted by Crippen LogP contribution is 2.30. The molecule has 2 aromatic carbocycles. The molecule has 0 spiro atoms. The second kappa shape index (κ2) is 9.09. The van der Waals surface area contributed by atoms with Crippen LogP contribution in [0.2, 0.25) is 0 Å². The maximum absolute atomic E-state index is 11.1. The lowest BCUT2D eigenvalue weighted by molar-refractivity contribution is 0.0702. The molecule has 4 aromatic heterocycles. The van der Waals surface area contributed by atoms with Gasteiger partial charge in [-0.05, 0) is 65.2 Å². The lowest BCUT2D eigenvalue weighted by atomic mass is 10.2. The number of hydrogen-bond donors (Lipinski definition) is 3. The fraction of sp³-hybridized carbons (Fsp3) is 0.0870. The number of aromatic nitrogens is 6. The van der Waals surface area contributed by atoms with Crippen molar-refractivity contribution >= 4 is 66.6 Å². The number of nitrogens with one attached hydrogen (secondary N) is 2. The zero-order valence-electron chi connectivity index (χ0n) is 18.0. The van der Waals surface area contributed by atoms with Crippen LogP contribution in [-0.2, 0) is 0 Å². The maximum Gasteiger partial charge on any atom is 0.348 e. The van der Waals surface area contributed by atoms with Crippen LogP contribution in [-0.4, -0.2) is 41.0 Å². The summed E-state index contributed by atoms with van der Waals surface area (Å²) >= 11 is 6.12. The van der Waals surface area contributed by atoms with Gasteiger partial charge in [-0.25, -0.2) is 24.7 Å². The number of halogens is 1. The molecule has 8 nitrogen and oxygen atoms in total. The summed E-state index contributed by atoms with van der Waals surface area (Å²) in [7, 11) is 0. The number of hydrogen-bond acceptors (Lipinski definition) is 7. The van der Waals surface area contributed by atoms with Crippen molar-refractivity contribution in [1.82, 2.24) is 29.9 Å². The number of rotatable bonds is 3. The van der Waals surface area contributed by atoms with Gasteiger partial charge in [0.15, 0.2) is 11.6 Å². The molecule has 0 bridgehead atoms. The summed E-state index contributed by atoms with van der Waals surface area (Å²) in [5.41, 5.74) is 10.6. The summed E-state index contributed by atoms with van der Waals surface area (Å²) in [6, 6.07) is 12.0. The standard InChI is InChI=1S/C12H9N3O2S.C11H8BrN3S/c1-6-2-3-7-8(4-6)15-11(14-7)9-10(12(16)17)18-5-13-9;1-6-2-3-7-8(4-6)15-11(14-7)9-10(12)16-5-13-9/h2-5H,1H3,(H,14,15)(H,16,17);2-5H,1H3,(H,14,15). The van der Waals surface area contributed by atoms with Gasteiger partial charge in [0.25, 0.3) is 0 Å². The van der Waals surface area contributed by atoms with Crippen molar-refractivity contribution in [3.63, 3.8) is 0 Å². The van der Waals surface area contributed by atoms with Crippen LogP contribution in [0.5, 0.6) is 0 Å². The fourth-order valence-electron chi connectivity index (χ4n) is 3.42. The summed E-state index contributed by atoms with van der Waals surface area (Å²) in [5, 5.41) is 9.06. The Morgan fingerprint density at radius 3 is 1.91 bits per heavy atom. The first-order valence-corrected chi connectivity index (χ1v) is 12.6. The molecular formula is C23H17BrN6O2S2. The zero-order valence-corrected chi connectivity index (χ0v) is 21.2. The number of aryl methyl sites for hydroxylation is 2. The summed E-state index contributed by atoms with van der Waals surface area (Å²) < 4.78 is 1.00. The van der Waals surface area contributed by atoms with E-state index in [4.69, 9.17) is 5.11 Å². The summed E-state index contributed by atoms with van der Waals surface area (Å²) in [6.45, 7) is 4.06. The van der Waals surface area contributed by atoms with E-state index in [9.17, 15) is 4.79 Å². The maximum atomic E-state index is 11.1. The topological polar surface area (TPSA) is 120 Å². The van der Waals surface area contributed by atoms with E-state index in [2.05, 4.69) is 64.9 Å². The Morgan fingerprint density at radius 1 is 0.853 bits per heavy atom. The van der Waals surface area contributed by atoms with Gasteiger partial charge in [-0.3, -0.25) is 0 Å². The Labute approximate surface area is 209 Å². The molecule has 3 N–H and O–H groups in total. The molecule has 4 heterocycles. The van der Waals surface area contributed by atoms with Crippen LogP contribution in [0.1, 0.15) is 20.8 Å². The van der Waals surface area contributed by atoms with E-state index in [1.807, 2.05) is 31.2 Å². The van der Waals surface area contributed by atoms with Gasteiger partial charge >= 0.3 is 5.97 Å². The SMILES string of the molecule is Cc1ccc2nc(-c3ncsc3Br)[nH]c2c1.Cc1ccc2nc(-c3ncsc3C(=O)O)[nH]c2c1. The van der Waals surface area contributed by atoms with Crippen molar-refractivity contribution < 1.29 is 9.90 Å². The molecule has 6 rings (SSSR count). The van der Waals surface area contributed by atoms with Crippen molar-refractivity contribution in [3.8, 4) is 23.0 Å². The first-order chi connectivity index (χ1) is 16.4. The van der Waals surface area contributed by atoms with Gasteiger partial charge in [0.2, 0.25) is 0 Å². The van der Waals surface area contributed by atoms with Crippen LogP contribution >= 0.6 is 38.6 Å². The number of carbonyl (C=O) groups is 1. The number of thiazole rings is 2. The van der Waals surface area contributed by atoms with Crippen LogP contribution < -0.4 is 0 Å². The molecule has 170 valence electrons. The molecule has 0 aliphatic carbocycles. The molecule has 0 atom stereocenters. The quantitative estimate of drug-likeness (QED) is 0.232. The Bertz CT molecular complexity index is 1650. The van der Waals surface area contributed by atoms with E-state index in [1.54, 1.807) is 16.8 Å². The average molecular weight is 553 g/mol. The Balaban J connectivity index is 0.000000142. The second-order valence-electron chi connectivity index (χ2n) is 7.52. The smallest absolute Gasteiger partial charge is 0.348 e. The molecule has 0 saturated heterocycles. The minimum absolute atomic E-state index is 0.200. The van der Waals surface area contributed by atoms with Crippen LogP contribution in [0, 0.1) is 13.8 Å². The molecule has 11 heteroatoms. The average Bonchev–Trinajstić information content (AvgIpc) is 3.58. The van der Waals surface area contributed by atoms with Gasteiger partial charge in [0.1, 0.15) is 20.1 Å². The number of aromatic carboxylic acids is 1. The molecular weight excluding hydrogens is 536 g/mol. The van der Waals surface area contributed by atoms with E-state index < -0.39 is 5.97 Å². The normalized spacial score (nSPS) is 11.0. The molecule has 0 aliphatic rings. The number of carboxylic acids is 1. The molecule has 0 radical (unpaired) electrons. The van der Waals surface area contributed by atoms with Gasteiger partial charge < -0.3 is 15.1 Å². The number of H-pyrrole nitrogens is 2. The van der Waals surface area contributed by atoms with Crippen LogP contribution in [0.3, 0.4) is 0 Å². The molecule has 0 saturated carbocycles. The molecule has 0 unspecified atom stereocenters. The highest BCUT2D eigenvalue weighted by molar-refractivity contribution is 9.11. The van der Waals surface area contributed by atoms with Crippen molar-refractivity contribution in [3.05, 3.63) is 67.2 Å². The van der Waals surface area contributed by atoms with Gasteiger partial charge in [-0.1, -0.05) is 12.1 Å².